The summed E-state index contributed by atoms with van der Waals surface area (Å²) in [5.74, 6) is -0.739. The van der Waals surface area contributed by atoms with Crippen LogP contribution in [0, 0.1) is 0 Å². The van der Waals surface area contributed by atoms with E-state index in [-0.39, 0.29) is 11.7 Å². The fourth-order valence-corrected chi connectivity index (χ4v) is 2.30. The number of aromatic nitrogens is 1. The average molecular weight is 332 g/mol. The molecule has 0 fully saturated rings. The molecule has 0 aliphatic rings. The molecule has 0 saturated carbocycles. The lowest BCUT2D eigenvalue weighted by molar-refractivity contribution is -0.139. The second-order valence-electron chi connectivity index (χ2n) is 5.29. The third-order valence-electron chi connectivity index (χ3n) is 3.61. The molecular weight excluding hydrogens is 312 g/mol. The number of carbonyl (C=O) groups is 2. The van der Waals surface area contributed by atoms with E-state index in [0.29, 0.717) is 11.4 Å². The van der Waals surface area contributed by atoms with E-state index < -0.39 is 18.5 Å². The number of nitrogens with one attached hydrogen (secondary N) is 1. The summed E-state index contributed by atoms with van der Waals surface area (Å²) in [6.45, 7) is 3.68. The van der Waals surface area contributed by atoms with Crippen molar-refractivity contribution in [3.8, 4) is 5.75 Å². The number of carboxylic acids is 1. The zero-order valence-corrected chi connectivity index (χ0v) is 13.6. The smallest absolute Gasteiger partial charge is 0.341 e. The molecule has 128 valence electrons. The van der Waals surface area contributed by atoms with E-state index in [4.69, 9.17) is 14.4 Å². The van der Waals surface area contributed by atoms with Gasteiger partial charge in [0.05, 0.1) is 5.69 Å². The Kier molecular flexibility index (Phi) is 5.95. The van der Waals surface area contributed by atoms with Crippen LogP contribution in [-0.4, -0.2) is 28.7 Å². The first-order valence-electron chi connectivity index (χ1n) is 7.76. The SMILES string of the molecule is CCC(CC)c1cc(C(=O)Nc2cccc(OCC(=O)O)c2)on1. The summed E-state index contributed by atoms with van der Waals surface area (Å²) in [6.07, 6.45) is 1.85. The summed E-state index contributed by atoms with van der Waals surface area (Å²) in [5.41, 5.74) is 1.24. The van der Waals surface area contributed by atoms with Gasteiger partial charge in [0.2, 0.25) is 5.76 Å². The van der Waals surface area contributed by atoms with Crippen molar-refractivity contribution >= 4 is 17.6 Å². The number of anilines is 1. The van der Waals surface area contributed by atoms with Crippen LogP contribution >= 0.6 is 0 Å². The molecule has 0 saturated heterocycles. The number of rotatable bonds is 8. The Bertz CT molecular complexity index is 707. The average Bonchev–Trinajstić information content (AvgIpc) is 3.04. The number of hydrogen-bond acceptors (Lipinski definition) is 5. The van der Waals surface area contributed by atoms with Gasteiger partial charge in [0.25, 0.3) is 5.91 Å². The maximum absolute atomic E-state index is 12.2. The van der Waals surface area contributed by atoms with Gasteiger partial charge in [-0.25, -0.2) is 4.79 Å². The third-order valence-corrected chi connectivity index (χ3v) is 3.61. The monoisotopic (exact) mass is 332 g/mol. The molecule has 0 unspecified atom stereocenters. The molecule has 2 aromatic rings. The number of aliphatic carboxylic acids is 1. The van der Waals surface area contributed by atoms with Crippen molar-refractivity contribution in [3.05, 3.63) is 41.8 Å². The Morgan fingerprint density at radius 1 is 1.29 bits per heavy atom. The van der Waals surface area contributed by atoms with Crippen LogP contribution < -0.4 is 10.1 Å². The van der Waals surface area contributed by atoms with Gasteiger partial charge in [0.1, 0.15) is 5.75 Å². The van der Waals surface area contributed by atoms with E-state index in [2.05, 4.69) is 24.3 Å². The Hall–Kier alpha value is -2.83. The van der Waals surface area contributed by atoms with Crippen LogP contribution in [0.4, 0.5) is 5.69 Å². The molecule has 1 amide bonds. The zero-order chi connectivity index (χ0) is 17.5. The molecule has 2 N–H and O–H groups in total. The van der Waals surface area contributed by atoms with Gasteiger partial charge in [-0.1, -0.05) is 25.1 Å². The first-order valence-corrected chi connectivity index (χ1v) is 7.76. The molecular formula is C17H20N2O5. The Morgan fingerprint density at radius 3 is 2.71 bits per heavy atom. The van der Waals surface area contributed by atoms with Gasteiger partial charge in [-0.15, -0.1) is 0 Å². The molecule has 1 heterocycles. The summed E-state index contributed by atoms with van der Waals surface area (Å²) in [7, 11) is 0. The molecule has 2 rings (SSSR count). The minimum Gasteiger partial charge on any atom is -0.482 e. The highest BCUT2D eigenvalue weighted by atomic mass is 16.5. The van der Waals surface area contributed by atoms with Gasteiger partial charge >= 0.3 is 5.97 Å². The van der Waals surface area contributed by atoms with Crippen LogP contribution in [0.2, 0.25) is 0 Å². The topological polar surface area (TPSA) is 102 Å². The quantitative estimate of drug-likeness (QED) is 0.769. The second-order valence-corrected chi connectivity index (χ2v) is 5.29. The van der Waals surface area contributed by atoms with E-state index in [0.717, 1.165) is 18.5 Å². The maximum atomic E-state index is 12.2. The van der Waals surface area contributed by atoms with E-state index in [1.54, 1.807) is 30.3 Å². The van der Waals surface area contributed by atoms with Crippen molar-refractivity contribution in [2.24, 2.45) is 0 Å². The highest BCUT2D eigenvalue weighted by Gasteiger charge is 2.17. The summed E-state index contributed by atoms with van der Waals surface area (Å²) < 4.78 is 10.2. The molecule has 0 aliphatic heterocycles. The van der Waals surface area contributed by atoms with Crippen LogP contribution in [0.25, 0.3) is 0 Å². The van der Waals surface area contributed by atoms with Gasteiger partial charge in [-0.05, 0) is 25.0 Å². The molecule has 0 spiro atoms. The van der Waals surface area contributed by atoms with Gasteiger partial charge in [-0.2, -0.15) is 0 Å². The number of amides is 1. The molecule has 0 atom stereocenters. The highest BCUT2D eigenvalue weighted by molar-refractivity contribution is 6.02. The lowest BCUT2D eigenvalue weighted by Gasteiger charge is -2.07. The standard InChI is InChI=1S/C17H20N2O5/c1-3-11(4-2)14-9-15(24-19-14)17(22)18-12-6-5-7-13(8-12)23-10-16(20)21/h5-9,11H,3-4,10H2,1-2H3,(H,18,22)(H,20,21). The molecule has 7 heteroatoms. The first kappa shape index (κ1) is 17.5. The minimum absolute atomic E-state index is 0.133. The lowest BCUT2D eigenvalue weighted by atomic mass is 9.99. The molecule has 0 bridgehead atoms. The third kappa shape index (κ3) is 4.58. The molecule has 7 nitrogen and oxygen atoms in total. The van der Waals surface area contributed by atoms with Crippen LogP contribution in [-0.2, 0) is 4.79 Å². The molecule has 1 aromatic carbocycles. The van der Waals surface area contributed by atoms with E-state index >= 15 is 0 Å². The number of hydrogen-bond donors (Lipinski definition) is 2. The number of carbonyl (C=O) groups excluding carboxylic acids is 1. The first-order chi connectivity index (χ1) is 11.5. The fraction of sp³-hybridized carbons (Fsp3) is 0.353. The van der Waals surface area contributed by atoms with Crippen molar-refractivity contribution in [2.75, 3.05) is 11.9 Å². The van der Waals surface area contributed by atoms with E-state index in [9.17, 15) is 9.59 Å². The van der Waals surface area contributed by atoms with Crippen LogP contribution in [0.5, 0.6) is 5.75 Å². The summed E-state index contributed by atoms with van der Waals surface area (Å²) >= 11 is 0. The summed E-state index contributed by atoms with van der Waals surface area (Å²) in [5, 5.41) is 15.2. The van der Waals surface area contributed by atoms with Crippen molar-refractivity contribution in [1.29, 1.82) is 0 Å². The van der Waals surface area contributed by atoms with Crippen LogP contribution in [0.1, 0.15) is 48.9 Å². The maximum Gasteiger partial charge on any atom is 0.341 e. The molecule has 24 heavy (non-hydrogen) atoms. The van der Waals surface area contributed by atoms with Crippen LogP contribution in [0.3, 0.4) is 0 Å². The minimum atomic E-state index is -1.07. The van der Waals surface area contributed by atoms with Crippen LogP contribution in [0.15, 0.2) is 34.9 Å². The van der Waals surface area contributed by atoms with Crippen molar-refractivity contribution < 1.29 is 24.0 Å². The summed E-state index contributed by atoms with van der Waals surface area (Å²) in [4.78, 5) is 22.7. The molecule has 0 radical (unpaired) electrons. The Morgan fingerprint density at radius 2 is 2.04 bits per heavy atom. The second kappa shape index (κ2) is 8.14. The van der Waals surface area contributed by atoms with E-state index in [1.807, 2.05) is 0 Å². The Labute approximate surface area is 139 Å². The number of carboxylic acid groups (broad SMARTS) is 1. The predicted octanol–water partition coefficient (Wildman–Crippen LogP) is 3.29. The van der Waals surface area contributed by atoms with Gasteiger partial charge in [0.15, 0.2) is 6.61 Å². The van der Waals surface area contributed by atoms with Gasteiger partial charge in [-0.3, -0.25) is 4.79 Å². The fourth-order valence-electron chi connectivity index (χ4n) is 2.30. The predicted molar refractivity (Wildman–Crippen MR) is 87.4 cm³/mol. The Balaban J connectivity index is 2.04. The molecule has 0 aliphatic carbocycles. The van der Waals surface area contributed by atoms with Crippen molar-refractivity contribution in [3.63, 3.8) is 0 Å². The lowest BCUT2D eigenvalue weighted by Crippen LogP contribution is -2.12. The van der Waals surface area contributed by atoms with Gasteiger partial charge < -0.3 is 19.7 Å². The van der Waals surface area contributed by atoms with E-state index in [1.165, 1.54) is 0 Å². The van der Waals surface area contributed by atoms with Crippen molar-refractivity contribution in [2.45, 2.75) is 32.6 Å². The van der Waals surface area contributed by atoms with Gasteiger partial charge in [0, 0.05) is 23.7 Å². The number of ether oxygens (including phenoxy) is 1. The zero-order valence-electron chi connectivity index (χ0n) is 13.6. The largest absolute Gasteiger partial charge is 0.482 e. The van der Waals surface area contributed by atoms with Crippen molar-refractivity contribution in [1.82, 2.24) is 5.16 Å². The number of benzene rings is 1. The molecule has 1 aromatic heterocycles. The highest BCUT2D eigenvalue weighted by Crippen LogP contribution is 2.23. The number of nitrogens with zero attached hydrogens (tertiary/aromatic N) is 1. The normalized spacial score (nSPS) is 10.6. The summed E-state index contributed by atoms with van der Waals surface area (Å²) in [6, 6.07) is 8.13.